The molecule has 0 spiro atoms. The Morgan fingerprint density at radius 2 is 2.20 bits per heavy atom. The number of benzene rings is 1. The van der Waals surface area contributed by atoms with Crippen LogP contribution in [-0.2, 0) is 0 Å². The summed E-state index contributed by atoms with van der Waals surface area (Å²) in [5, 5.41) is 0.0926. The lowest BCUT2D eigenvalue weighted by Crippen LogP contribution is -1.96. The number of H-pyrrole nitrogens is 1. The van der Waals surface area contributed by atoms with E-state index in [1.807, 2.05) is 6.92 Å². The van der Waals surface area contributed by atoms with E-state index in [1.54, 1.807) is 22.9 Å². The van der Waals surface area contributed by atoms with Gasteiger partial charge in [0, 0.05) is 17.6 Å². The van der Waals surface area contributed by atoms with Crippen LogP contribution in [-0.4, -0.2) is 9.55 Å². The topological polar surface area (TPSA) is 20.7 Å². The molecule has 0 bridgehead atoms. The van der Waals surface area contributed by atoms with Crippen molar-refractivity contribution >= 4 is 23.8 Å². The number of halogens is 2. The lowest BCUT2D eigenvalue weighted by Gasteiger charge is -2.05. The molecule has 0 radical (unpaired) electrons. The van der Waals surface area contributed by atoms with Crippen molar-refractivity contribution in [1.29, 1.82) is 0 Å². The summed E-state index contributed by atoms with van der Waals surface area (Å²) in [6.45, 7) is 1.91. The molecule has 1 aromatic heterocycles. The summed E-state index contributed by atoms with van der Waals surface area (Å²) in [7, 11) is 0. The first-order valence-corrected chi connectivity index (χ1v) is 5.10. The van der Waals surface area contributed by atoms with Crippen molar-refractivity contribution in [1.82, 2.24) is 9.55 Å². The van der Waals surface area contributed by atoms with E-state index in [9.17, 15) is 4.39 Å². The normalized spacial score (nSPS) is 10.6. The van der Waals surface area contributed by atoms with E-state index in [1.165, 1.54) is 6.07 Å². The quantitative estimate of drug-likeness (QED) is 0.758. The molecule has 2 aromatic rings. The van der Waals surface area contributed by atoms with Crippen LogP contribution < -0.4 is 0 Å². The van der Waals surface area contributed by atoms with Gasteiger partial charge >= 0.3 is 0 Å². The molecule has 0 fully saturated rings. The second-order valence-electron chi connectivity index (χ2n) is 3.17. The summed E-state index contributed by atoms with van der Waals surface area (Å²) in [5.74, 6) is -0.430. The zero-order valence-electron chi connectivity index (χ0n) is 7.92. The van der Waals surface area contributed by atoms with Gasteiger partial charge in [0.25, 0.3) is 0 Å². The number of aryl methyl sites for hydroxylation is 1. The number of nitrogens with one attached hydrogen (secondary N) is 1. The standard InChI is InChI=1S/C10H8ClFN2S/c1-6-5-13-10(15)14(6)7-2-3-9(12)8(11)4-7/h2-5H,1H3,(H,13,15). The van der Waals surface area contributed by atoms with Crippen LogP contribution in [0.15, 0.2) is 24.4 Å². The smallest absolute Gasteiger partial charge is 0.182 e. The Balaban J connectivity index is 2.65. The number of rotatable bonds is 1. The Kier molecular flexibility index (Phi) is 2.63. The molecule has 78 valence electrons. The summed E-state index contributed by atoms with van der Waals surface area (Å²) in [6, 6.07) is 4.51. The Morgan fingerprint density at radius 1 is 1.47 bits per heavy atom. The summed E-state index contributed by atoms with van der Waals surface area (Å²) < 4.78 is 15.3. The average Bonchev–Trinajstić information content (AvgIpc) is 2.52. The molecule has 0 atom stereocenters. The van der Waals surface area contributed by atoms with E-state index in [4.69, 9.17) is 23.8 Å². The number of hydrogen-bond donors (Lipinski definition) is 1. The molecule has 1 heterocycles. The monoisotopic (exact) mass is 242 g/mol. The number of hydrogen-bond acceptors (Lipinski definition) is 1. The van der Waals surface area contributed by atoms with Crippen LogP contribution in [0.25, 0.3) is 5.69 Å². The predicted molar refractivity (Wildman–Crippen MR) is 60.7 cm³/mol. The molecule has 0 aliphatic heterocycles. The Hall–Kier alpha value is -1.13. The second kappa shape index (κ2) is 3.79. The maximum Gasteiger partial charge on any atom is 0.182 e. The molecule has 0 aliphatic rings. The third-order valence-corrected chi connectivity index (χ3v) is 2.71. The fraction of sp³-hybridized carbons (Fsp3) is 0.100. The molecule has 0 saturated carbocycles. The zero-order chi connectivity index (χ0) is 11.0. The highest BCUT2D eigenvalue weighted by atomic mass is 35.5. The zero-order valence-corrected chi connectivity index (χ0v) is 9.49. The van der Waals surface area contributed by atoms with Crippen LogP contribution in [0.4, 0.5) is 4.39 Å². The Morgan fingerprint density at radius 3 is 2.73 bits per heavy atom. The predicted octanol–water partition coefficient (Wildman–Crippen LogP) is 3.64. The van der Waals surface area contributed by atoms with Gasteiger partial charge in [-0.3, -0.25) is 4.57 Å². The Labute approximate surface area is 96.3 Å². The molecule has 0 unspecified atom stereocenters. The first kappa shape index (κ1) is 10.4. The van der Waals surface area contributed by atoms with E-state index in [2.05, 4.69) is 4.98 Å². The van der Waals surface area contributed by atoms with Crippen molar-refractivity contribution in [3.05, 3.63) is 45.7 Å². The van der Waals surface area contributed by atoms with Gasteiger partial charge in [0.2, 0.25) is 0 Å². The van der Waals surface area contributed by atoms with Gasteiger partial charge in [0.05, 0.1) is 5.02 Å². The molecule has 0 aliphatic carbocycles. The van der Waals surface area contributed by atoms with Gasteiger partial charge in [0.1, 0.15) is 5.82 Å². The van der Waals surface area contributed by atoms with Gasteiger partial charge in [0.15, 0.2) is 4.77 Å². The number of nitrogens with zero attached hydrogens (tertiary/aromatic N) is 1. The highest BCUT2D eigenvalue weighted by molar-refractivity contribution is 7.71. The van der Waals surface area contributed by atoms with Crippen molar-refractivity contribution in [3.8, 4) is 5.69 Å². The summed E-state index contributed by atoms with van der Waals surface area (Å²) in [5.41, 5.74) is 1.70. The fourth-order valence-corrected chi connectivity index (χ4v) is 1.88. The average molecular weight is 243 g/mol. The lowest BCUT2D eigenvalue weighted by atomic mass is 10.3. The minimum absolute atomic E-state index is 0.0926. The highest BCUT2D eigenvalue weighted by Crippen LogP contribution is 2.20. The third-order valence-electron chi connectivity index (χ3n) is 2.12. The lowest BCUT2D eigenvalue weighted by molar-refractivity contribution is 0.627. The maximum atomic E-state index is 13.0. The first-order valence-electron chi connectivity index (χ1n) is 4.32. The van der Waals surface area contributed by atoms with E-state index in [0.29, 0.717) is 4.77 Å². The van der Waals surface area contributed by atoms with Crippen molar-refractivity contribution in [3.63, 3.8) is 0 Å². The number of imidazole rings is 1. The molecule has 0 amide bonds. The fourth-order valence-electron chi connectivity index (χ4n) is 1.40. The molecular formula is C10H8ClFN2S. The van der Waals surface area contributed by atoms with Crippen molar-refractivity contribution < 1.29 is 4.39 Å². The summed E-state index contributed by atoms with van der Waals surface area (Å²) in [4.78, 5) is 2.91. The van der Waals surface area contributed by atoms with Crippen molar-refractivity contribution in [2.75, 3.05) is 0 Å². The second-order valence-corrected chi connectivity index (χ2v) is 3.96. The highest BCUT2D eigenvalue weighted by Gasteiger charge is 2.05. The summed E-state index contributed by atoms with van der Waals surface area (Å²) >= 11 is 10.8. The Bertz CT molecular complexity index is 559. The van der Waals surface area contributed by atoms with Crippen LogP contribution in [0.1, 0.15) is 5.69 Å². The third kappa shape index (κ3) is 1.82. The van der Waals surface area contributed by atoms with Gasteiger partial charge in [-0.15, -0.1) is 0 Å². The van der Waals surface area contributed by atoms with Gasteiger partial charge in [-0.25, -0.2) is 4.39 Å². The first-order chi connectivity index (χ1) is 7.09. The minimum Gasteiger partial charge on any atom is -0.337 e. The molecule has 0 saturated heterocycles. The van der Waals surface area contributed by atoms with Crippen LogP contribution in [0, 0.1) is 17.5 Å². The molecule has 2 rings (SSSR count). The number of aromatic amines is 1. The SMILES string of the molecule is Cc1c[nH]c(=S)n1-c1ccc(F)c(Cl)c1. The van der Waals surface area contributed by atoms with E-state index < -0.39 is 5.82 Å². The van der Waals surface area contributed by atoms with Gasteiger partial charge in [-0.1, -0.05) is 11.6 Å². The molecule has 2 nitrogen and oxygen atoms in total. The van der Waals surface area contributed by atoms with Gasteiger partial charge in [-0.2, -0.15) is 0 Å². The van der Waals surface area contributed by atoms with Crippen LogP contribution in [0.2, 0.25) is 5.02 Å². The van der Waals surface area contributed by atoms with Crippen LogP contribution in [0.5, 0.6) is 0 Å². The van der Waals surface area contributed by atoms with E-state index >= 15 is 0 Å². The van der Waals surface area contributed by atoms with Crippen LogP contribution >= 0.6 is 23.8 Å². The van der Waals surface area contributed by atoms with Gasteiger partial charge in [-0.05, 0) is 37.3 Å². The van der Waals surface area contributed by atoms with Gasteiger partial charge < -0.3 is 4.98 Å². The van der Waals surface area contributed by atoms with E-state index in [0.717, 1.165) is 11.4 Å². The molecule has 15 heavy (non-hydrogen) atoms. The molecule has 5 heteroatoms. The van der Waals surface area contributed by atoms with E-state index in [-0.39, 0.29) is 5.02 Å². The maximum absolute atomic E-state index is 13.0. The molecule has 1 N–H and O–H groups in total. The molecule has 1 aromatic carbocycles. The van der Waals surface area contributed by atoms with Crippen molar-refractivity contribution in [2.45, 2.75) is 6.92 Å². The van der Waals surface area contributed by atoms with Crippen molar-refractivity contribution in [2.24, 2.45) is 0 Å². The summed E-state index contributed by atoms with van der Waals surface area (Å²) in [6.07, 6.45) is 1.79. The minimum atomic E-state index is -0.430. The van der Waals surface area contributed by atoms with Crippen LogP contribution in [0.3, 0.4) is 0 Å². The number of aromatic nitrogens is 2. The molecular weight excluding hydrogens is 235 g/mol. The largest absolute Gasteiger partial charge is 0.337 e.